The highest BCUT2D eigenvalue weighted by Crippen LogP contribution is 2.28. The third kappa shape index (κ3) is 2.98. The summed E-state index contributed by atoms with van der Waals surface area (Å²) in [6.07, 6.45) is 4.03. The molecule has 0 amide bonds. The SMILES string of the molecule is C=CCc1c(CCC)n(C(=O)Oc2ccccc2)c2ccccc12. The van der Waals surface area contributed by atoms with E-state index in [1.807, 2.05) is 42.5 Å². The van der Waals surface area contributed by atoms with E-state index < -0.39 is 0 Å². The molecule has 0 saturated heterocycles. The van der Waals surface area contributed by atoms with Gasteiger partial charge in [-0.25, -0.2) is 9.36 Å². The van der Waals surface area contributed by atoms with Gasteiger partial charge in [-0.2, -0.15) is 0 Å². The second-order valence-electron chi connectivity index (χ2n) is 5.70. The molecule has 3 heteroatoms. The Morgan fingerprint density at radius 3 is 2.54 bits per heavy atom. The van der Waals surface area contributed by atoms with Gasteiger partial charge in [-0.05, 0) is 36.6 Å². The molecule has 2 aromatic carbocycles. The monoisotopic (exact) mass is 319 g/mol. The lowest BCUT2D eigenvalue weighted by molar-refractivity contribution is 0.202. The first-order valence-electron chi connectivity index (χ1n) is 8.25. The first-order valence-corrected chi connectivity index (χ1v) is 8.25. The Morgan fingerprint density at radius 2 is 1.83 bits per heavy atom. The van der Waals surface area contributed by atoms with Crippen molar-refractivity contribution in [2.75, 3.05) is 0 Å². The van der Waals surface area contributed by atoms with Crippen LogP contribution in [0.25, 0.3) is 10.9 Å². The van der Waals surface area contributed by atoms with Gasteiger partial charge in [-0.1, -0.05) is 55.8 Å². The normalized spacial score (nSPS) is 10.7. The number of allylic oxidation sites excluding steroid dienone is 1. The maximum absolute atomic E-state index is 12.9. The molecule has 0 aliphatic carbocycles. The molecule has 1 aromatic heterocycles. The quantitative estimate of drug-likeness (QED) is 0.592. The van der Waals surface area contributed by atoms with Crippen molar-refractivity contribution in [3.63, 3.8) is 0 Å². The minimum absolute atomic E-state index is 0.365. The fraction of sp³-hybridized carbons (Fsp3) is 0.190. The summed E-state index contributed by atoms with van der Waals surface area (Å²) in [6, 6.07) is 17.1. The molecule has 3 aromatic rings. The Labute approximate surface area is 142 Å². The minimum atomic E-state index is -0.365. The molecule has 0 atom stereocenters. The van der Waals surface area contributed by atoms with Crippen molar-refractivity contribution in [1.29, 1.82) is 0 Å². The number of fused-ring (bicyclic) bond motifs is 1. The maximum Gasteiger partial charge on any atom is 0.424 e. The molecular weight excluding hydrogens is 298 g/mol. The van der Waals surface area contributed by atoms with Crippen LogP contribution in [0.3, 0.4) is 0 Å². The number of rotatable bonds is 5. The van der Waals surface area contributed by atoms with Gasteiger partial charge < -0.3 is 4.74 Å². The molecule has 1 heterocycles. The molecule has 0 bridgehead atoms. The van der Waals surface area contributed by atoms with Crippen molar-refractivity contribution in [2.45, 2.75) is 26.2 Å². The van der Waals surface area contributed by atoms with E-state index in [2.05, 4.69) is 19.6 Å². The number of para-hydroxylation sites is 2. The highest BCUT2D eigenvalue weighted by atomic mass is 16.6. The van der Waals surface area contributed by atoms with Crippen LogP contribution in [0.4, 0.5) is 4.79 Å². The van der Waals surface area contributed by atoms with Gasteiger partial charge in [0.1, 0.15) is 5.75 Å². The predicted octanol–water partition coefficient (Wildman–Crippen LogP) is 5.37. The van der Waals surface area contributed by atoms with Gasteiger partial charge in [0, 0.05) is 11.1 Å². The van der Waals surface area contributed by atoms with Gasteiger partial charge in [0.05, 0.1) is 5.52 Å². The van der Waals surface area contributed by atoms with Gasteiger partial charge in [-0.15, -0.1) is 6.58 Å². The molecule has 0 aliphatic rings. The number of hydrogen-bond acceptors (Lipinski definition) is 2. The lowest BCUT2D eigenvalue weighted by Crippen LogP contribution is -2.19. The summed E-state index contributed by atoms with van der Waals surface area (Å²) >= 11 is 0. The Balaban J connectivity index is 2.13. The van der Waals surface area contributed by atoms with Gasteiger partial charge in [-0.3, -0.25) is 0 Å². The van der Waals surface area contributed by atoms with E-state index in [-0.39, 0.29) is 6.09 Å². The van der Waals surface area contributed by atoms with E-state index in [0.717, 1.165) is 41.4 Å². The zero-order chi connectivity index (χ0) is 16.9. The average Bonchev–Trinajstić information content (AvgIpc) is 2.90. The van der Waals surface area contributed by atoms with Crippen LogP contribution < -0.4 is 4.74 Å². The van der Waals surface area contributed by atoms with Crippen LogP contribution >= 0.6 is 0 Å². The molecule has 3 rings (SSSR count). The fourth-order valence-corrected chi connectivity index (χ4v) is 3.07. The largest absolute Gasteiger partial charge is 0.424 e. The maximum atomic E-state index is 12.9. The summed E-state index contributed by atoms with van der Waals surface area (Å²) in [5, 5.41) is 1.09. The molecule has 0 aliphatic heterocycles. The highest BCUT2D eigenvalue weighted by Gasteiger charge is 2.21. The third-order valence-corrected chi connectivity index (χ3v) is 4.05. The summed E-state index contributed by atoms with van der Waals surface area (Å²) in [7, 11) is 0. The summed E-state index contributed by atoms with van der Waals surface area (Å²) < 4.78 is 7.30. The average molecular weight is 319 g/mol. The number of nitrogens with zero attached hydrogens (tertiary/aromatic N) is 1. The molecule has 0 saturated carbocycles. The van der Waals surface area contributed by atoms with E-state index in [4.69, 9.17) is 4.74 Å². The number of hydrogen-bond donors (Lipinski definition) is 0. The molecule has 0 unspecified atom stereocenters. The molecule has 0 N–H and O–H groups in total. The summed E-state index contributed by atoms with van der Waals surface area (Å²) in [6.45, 7) is 5.97. The second kappa shape index (κ2) is 7.18. The fourth-order valence-electron chi connectivity index (χ4n) is 3.07. The highest BCUT2D eigenvalue weighted by molar-refractivity contribution is 5.94. The Morgan fingerprint density at radius 1 is 1.12 bits per heavy atom. The molecule has 24 heavy (non-hydrogen) atoms. The van der Waals surface area contributed by atoms with Crippen LogP contribution in [0.2, 0.25) is 0 Å². The van der Waals surface area contributed by atoms with Gasteiger partial charge in [0.15, 0.2) is 0 Å². The summed E-state index contributed by atoms with van der Waals surface area (Å²) in [4.78, 5) is 12.9. The van der Waals surface area contributed by atoms with Gasteiger partial charge >= 0.3 is 6.09 Å². The van der Waals surface area contributed by atoms with Gasteiger partial charge in [0.25, 0.3) is 0 Å². The summed E-state index contributed by atoms with van der Waals surface area (Å²) in [5.74, 6) is 0.549. The first-order chi connectivity index (χ1) is 11.8. The Kier molecular flexibility index (Phi) is 4.80. The third-order valence-electron chi connectivity index (χ3n) is 4.05. The molecule has 0 spiro atoms. The van der Waals surface area contributed by atoms with Crippen molar-refractivity contribution >= 4 is 17.0 Å². The number of aromatic nitrogens is 1. The lowest BCUT2D eigenvalue weighted by Gasteiger charge is -2.10. The number of carbonyl (C=O) groups is 1. The van der Waals surface area contributed by atoms with Crippen LogP contribution in [-0.2, 0) is 12.8 Å². The van der Waals surface area contributed by atoms with Crippen LogP contribution in [0.1, 0.15) is 24.6 Å². The molecule has 0 fully saturated rings. The lowest BCUT2D eigenvalue weighted by atomic mass is 10.1. The zero-order valence-electron chi connectivity index (χ0n) is 13.9. The second-order valence-corrected chi connectivity index (χ2v) is 5.70. The van der Waals surface area contributed by atoms with E-state index in [9.17, 15) is 4.79 Å². The van der Waals surface area contributed by atoms with E-state index in [0.29, 0.717) is 5.75 Å². The number of ether oxygens (including phenoxy) is 1. The smallest absolute Gasteiger partial charge is 0.410 e. The standard InChI is InChI=1S/C21H21NO2/c1-3-10-17-18-14-8-9-15-20(18)22(19(17)11-4-2)21(23)24-16-12-6-5-7-13-16/h3,5-9,12-15H,1,4,10-11H2,2H3. The van der Waals surface area contributed by atoms with Gasteiger partial charge in [0.2, 0.25) is 0 Å². The van der Waals surface area contributed by atoms with Crippen molar-refractivity contribution in [1.82, 2.24) is 4.57 Å². The molecule has 122 valence electrons. The summed E-state index contributed by atoms with van der Waals surface area (Å²) in [5.41, 5.74) is 3.06. The van der Waals surface area contributed by atoms with Crippen LogP contribution in [0, 0.1) is 0 Å². The van der Waals surface area contributed by atoms with Crippen LogP contribution in [0.15, 0.2) is 67.3 Å². The topological polar surface area (TPSA) is 31.2 Å². The van der Waals surface area contributed by atoms with Crippen molar-refractivity contribution in [2.24, 2.45) is 0 Å². The predicted molar refractivity (Wildman–Crippen MR) is 97.7 cm³/mol. The van der Waals surface area contributed by atoms with Crippen molar-refractivity contribution < 1.29 is 9.53 Å². The van der Waals surface area contributed by atoms with Crippen molar-refractivity contribution in [3.05, 3.63) is 78.5 Å². The van der Waals surface area contributed by atoms with E-state index >= 15 is 0 Å². The minimum Gasteiger partial charge on any atom is -0.410 e. The Bertz CT molecular complexity index is 862. The number of benzene rings is 2. The molecule has 3 nitrogen and oxygen atoms in total. The van der Waals surface area contributed by atoms with E-state index in [1.54, 1.807) is 16.7 Å². The first kappa shape index (κ1) is 16.1. The molecular formula is C21H21NO2. The Hall–Kier alpha value is -2.81. The zero-order valence-corrected chi connectivity index (χ0v) is 13.9. The molecule has 0 radical (unpaired) electrons. The van der Waals surface area contributed by atoms with E-state index in [1.165, 1.54) is 0 Å². The number of carbonyl (C=O) groups excluding carboxylic acids is 1. The van der Waals surface area contributed by atoms with Crippen molar-refractivity contribution in [3.8, 4) is 5.75 Å². The van der Waals surface area contributed by atoms with Crippen LogP contribution in [0.5, 0.6) is 5.75 Å². The van der Waals surface area contributed by atoms with Crippen LogP contribution in [-0.4, -0.2) is 10.7 Å².